The Morgan fingerprint density at radius 3 is 2.33 bits per heavy atom. The van der Waals surface area contributed by atoms with E-state index in [-0.39, 0.29) is 0 Å². The molecule has 0 spiro atoms. The van der Waals surface area contributed by atoms with Crippen LogP contribution in [0.4, 0.5) is 0 Å². The molecule has 0 radical (unpaired) electrons. The summed E-state index contributed by atoms with van der Waals surface area (Å²) in [6, 6.07) is 3.66. The molecule has 0 amide bonds. The molecule has 0 atom stereocenters. The maximum Gasteiger partial charge on any atom is 0.101 e. The fourth-order valence-corrected chi connectivity index (χ4v) is 2.39. The summed E-state index contributed by atoms with van der Waals surface area (Å²) in [5.74, 6) is 0. The first kappa shape index (κ1) is 10.5. The summed E-state index contributed by atoms with van der Waals surface area (Å²) in [4.78, 5) is 0. The number of nitriles is 1. The van der Waals surface area contributed by atoms with Crippen molar-refractivity contribution in [2.45, 2.75) is 0 Å². The fourth-order valence-electron chi connectivity index (χ4n) is 0.654. The molecule has 0 saturated carbocycles. The first-order valence-corrected chi connectivity index (χ1v) is 5.56. The number of hydrogen-bond donors (Lipinski definition) is 0. The quantitative estimate of drug-likeness (QED) is 0.485. The van der Waals surface area contributed by atoms with Gasteiger partial charge >= 0.3 is 0 Å². The molecule has 62 valence electrons. The van der Waals surface area contributed by atoms with E-state index >= 15 is 0 Å². The van der Waals surface area contributed by atoms with Crippen LogP contribution in [-0.2, 0) is 0 Å². The molecular weight excluding hydrogens is 373 g/mol. The molecule has 0 heterocycles. The predicted octanol–water partition coefficient (Wildman–Crippen LogP) is 4.50. The average Bonchev–Trinajstić information content (AvgIpc) is 2.08. The van der Waals surface area contributed by atoms with Crippen LogP contribution in [0.5, 0.6) is 0 Å². The molecule has 0 aliphatic heterocycles. The van der Waals surface area contributed by atoms with Crippen LogP contribution in [-0.4, -0.2) is 0 Å². The second-order valence-corrected chi connectivity index (χ2v) is 4.78. The topological polar surface area (TPSA) is 23.8 Å². The van der Waals surface area contributed by atoms with Crippen molar-refractivity contribution in [3.8, 4) is 6.07 Å². The van der Waals surface area contributed by atoms with Gasteiger partial charge in [-0.3, -0.25) is 0 Å². The van der Waals surface area contributed by atoms with E-state index in [0.29, 0.717) is 15.1 Å². The van der Waals surface area contributed by atoms with Gasteiger partial charge in [-0.1, -0.05) is 11.6 Å². The minimum atomic E-state index is 0.424. The van der Waals surface area contributed by atoms with E-state index < -0.39 is 0 Å². The Kier molecular flexibility index (Phi) is 3.59. The van der Waals surface area contributed by atoms with Crippen LogP contribution in [0.15, 0.2) is 19.5 Å². The highest BCUT2D eigenvalue weighted by atomic mass is 79.9. The van der Waals surface area contributed by atoms with E-state index in [2.05, 4.69) is 47.8 Å². The van der Waals surface area contributed by atoms with Gasteiger partial charge in [0.2, 0.25) is 0 Å². The lowest BCUT2D eigenvalue weighted by Gasteiger charge is -2.03. The zero-order valence-corrected chi connectivity index (χ0v) is 11.1. The van der Waals surface area contributed by atoms with E-state index in [9.17, 15) is 0 Å². The Bertz CT molecular complexity index is 370. The van der Waals surface area contributed by atoms with Gasteiger partial charge in [-0.25, -0.2) is 0 Å². The molecule has 1 rings (SSSR count). The van der Waals surface area contributed by atoms with Crippen molar-refractivity contribution < 1.29 is 0 Å². The monoisotopic (exact) mass is 371 g/mol. The minimum absolute atomic E-state index is 0.424. The van der Waals surface area contributed by atoms with E-state index in [1.807, 2.05) is 6.07 Å². The third-order valence-corrected chi connectivity index (χ3v) is 5.15. The van der Waals surface area contributed by atoms with Gasteiger partial charge in [-0.15, -0.1) is 0 Å². The maximum absolute atomic E-state index is 8.67. The summed E-state index contributed by atoms with van der Waals surface area (Å²) in [7, 11) is 0. The SMILES string of the molecule is N#Cc1cc(Br)c(Br)c(Br)c1Cl. The molecule has 0 aliphatic carbocycles. The molecule has 5 heteroatoms. The number of rotatable bonds is 0. The van der Waals surface area contributed by atoms with Gasteiger partial charge in [0.05, 0.1) is 15.1 Å². The van der Waals surface area contributed by atoms with Crippen molar-refractivity contribution in [1.82, 2.24) is 0 Å². The number of benzene rings is 1. The summed E-state index contributed by atoms with van der Waals surface area (Å²) in [6.07, 6.45) is 0. The molecule has 1 nitrogen and oxygen atoms in total. The number of hydrogen-bond acceptors (Lipinski definition) is 1. The Morgan fingerprint density at radius 2 is 1.83 bits per heavy atom. The average molecular weight is 374 g/mol. The van der Waals surface area contributed by atoms with Gasteiger partial charge in [0, 0.05) is 8.95 Å². The normalized spacial score (nSPS) is 9.58. The molecule has 0 aromatic heterocycles. The third kappa shape index (κ3) is 1.85. The highest BCUT2D eigenvalue weighted by Crippen LogP contribution is 2.38. The number of halogens is 4. The fraction of sp³-hybridized carbons (Fsp3) is 0. The molecule has 0 N–H and O–H groups in total. The van der Waals surface area contributed by atoms with Crippen molar-refractivity contribution in [2.24, 2.45) is 0 Å². The van der Waals surface area contributed by atoms with Crippen LogP contribution < -0.4 is 0 Å². The Labute approximate surface area is 100 Å². The van der Waals surface area contributed by atoms with Crippen molar-refractivity contribution in [2.75, 3.05) is 0 Å². The van der Waals surface area contributed by atoms with E-state index in [0.717, 1.165) is 8.95 Å². The second-order valence-electron chi connectivity index (χ2n) is 1.96. The predicted molar refractivity (Wildman–Crippen MR) is 59.3 cm³/mol. The first-order chi connectivity index (χ1) is 5.57. The van der Waals surface area contributed by atoms with E-state index in [1.54, 1.807) is 6.07 Å². The summed E-state index contributed by atoms with van der Waals surface area (Å²) in [5.41, 5.74) is 0.443. The molecule has 0 fully saturated rings. The van der Waals surface area contributed by atoms with Gasteiger partial charge < -0.3 is 0 Å². The van der Waals surface area contributed by atoms with Crippen LogP contribution in [0.25, 0.3) is 0 Å². The van der Waals surface area contributed by atoms with Crippen molar-refractivity contribution in [3.05, 3.63) is 30.1 Å². The lowest BCUT2D eigenvalue weighted by atomic mass is 10.2. The molecule has 0 bridgehead atoms. The summed E-state index contributed by atoms with van der Waals surface area (Å²) >= 11 is 15.7. The molecule has 1 aromatic carbocycles. The van der Waals surface area contributed by atoms with E-state index in [1.165, 1.54) is 0 Å². The highest BCUT2D eigenvalue weighted by molar-refractivity contribution is 9.14. The van der Waals surface area contributed by atoms with Crippen LogP contribution in [0.1, 0.15) is 5.56 Å². The maximum atomic E-state index is 8.67. The van der Waals surface area contributed by atoms with Gasteiger partial charge in [-0.05, 0) is 53.9 Å². The number of nitrogens with zero attached hydrogens (tertiary/aromatic N) is 1. The van der Waals surface area contributed by atoms with Gasteiger partial charge in [-0.2, -0.15) is 5.26 Å². The molecule has 0 aliphatic rings. The largest absolute Gasteiger partial charge is 0.192 e. The lowest BCUT2D eigenvalue weighted by Crippen LogP contribution is -1.82. The van der Waals surface area contributed by atoms with Gasteiger partial charge in [0.25, 0.3) is 0 Å². The van der Waals surface area contributed by atoms with Gasteiger partial charge in [0.1, 0.15) is 6.07 Å². The standard InChI is InChI=1S/C7HBr3ClN/c8-4-1-3(2-12)7(11)6(10)5(4)9/h1H. The van der Waals surface area contributed by atoms with Crippen LogP contribution in [0.3, 0.4) is 0 Å². The summed E-state index contributed by atoms with van der Waals surface area (Å²) in [6.45, 7) is 0. The Morgan fingerprint density at radius 1 is 1.25 bits per heavy atom. The van der Waals surface area contributed by atoms with Crippen molar-refractivity contribution in [1.29, 1.82) is 5.26 Å². The first-order valence-electron chi connectivity index (χ1n) is 2.81. The molecule has 0 saturated heterocycles. The summed E-state index contributed by atoms with van der Waals surface area (Å²) < 4.78 is 2.30. The zero-order chi connectivity index (χ0) is 9.30. The van der Waals surface area contributed by atoms with Crippen LogP contribution in [0.2, 0.25) is 5.02 Å². The van der Waals surface area contributed by atoms with Crippen molar-refractivity contribution in [3.63, 3.8) is 0 Å². The second kappa shape index (κ2) is 4.10. The summed E-state index contributed by atoms with van der Waals surface area (Å²) in [5, 5.41) is 9.09. The third-order valence-electron chi connectivity index (χ3n) is 1.22. The smallest absolute Gasteiger partial charge is 0.101 e. The van der Waals surface area contributed by atoms with E-state index in [4.69, 9.17) is 16.9 Å². The minimum Gasteiger partial charge on any atom is -0.192 e. The lowest BCUT2D eigenvalue weighted by molar-refractivity contribution is 1.44. The van der Waals surface area contributed by atoms with Crippen LogP contribution >= 0.6 is 59.4 Å². The van der Waals surface area contributed by atoms with Gasteiger partial charge in [0.15, 0.2) is 0 Å². The Hall–Kier alpha value is 0.440. The molecule has 0 unspecified atom stereocenters. The molecule has 1 aromatic rings. The van der Waals surface area contributed by atoms with Crippen molar-refractivity contribution >= 4 is 59.4 Å². The molecule has 12 heavy (non-hydrogen) atoms. The molecular formula is C7HBr3ClN. The zero-order valence-electron chi connectivity index (χ0n) is 5.54. The highest BCUT2D eigenvalue weighted by Gasteiger charge is 2.11. The van der Waals surface area contributed by atoms with Crippen LogP contribution in [0, 0.1) is 11.3 Å². The Balaban J connectivity index is 3.52.